The number of carbonyl (C=O) groups is 2. The van der Waals surface area contributed by atoms with Gasteiger partial charge < -0.3 is 19.7 Å². The van der Waals surface area contributed by atoms with E-state index in [1.54, 1.807) is 36.4 Å². The topological polar surface area (TPSA) is 82.6 Å². The Labute approximate surface area is 207 Å². The van der Waals surface area contributed by atoms with Crippen molar-refractivity contribution in [2.24, 2.45) is 0 Å². The lowest BCUT2D eigenvalue weighted by atomic mass is 9.94. The number of carbonyl (C=O) groups excluding carboxylic acids is 2. The van der Waals surface area contributed by atoms with E-state index in [1.165, 1.54) is 24.1 Å². The average molecular weight is 485 g/mol. The molecule has 1 fully saturated rings. The van der Waals surface area contributed by atoms with Crippen LogP contribution >= 0.6 is 0 Å². The summed E-state index contributed by atoms with van der Waals surface area (Å²) in [4.78, 5) is 31.2. The van der Waals surface area contributed by atoms with Crippen molar-refractivity contribution in [1.29, 1.82) is 0 Å². The first kappa shape index (κ1) is 23.4. The molecule has 2 heterocycles. The van der Waals surface area contributed by atoms with Crippen LogP contribution in [0.4, 0.5) is 4.39 Å². The second-order valence-corrected chi connectivity index (χ2v) is 8.77. The number of Topliss-reactive ketones (excluding diaryl/α,β-unsaturated/α-hetero) is 1. The van der Waals surface area contributed by atoms with Gasteiger partial charge in [0.15, 0.2) is 0 Å². The number of aliphatic hydroxyl groups is 1. The van der Waals surface area contributed by atoms with Gasteiger partial charge in [0, 0.05) is 34.3 Å². The highest BCUT2D eigenvalue weighted by Gasteiger charge is 2.46. The first-order chi connectivity index (χ1) is 17.4. The Balaban J connectivity index is 1.58. The van der Waals surface area contributed by atoms with Gasteiger partial charge in [-0.15, -0.1) is 0 Å². The van der Waals surface area contributed by atoms with Crippen LogP contribution in [0.5, 0.6) is 5.75 Å². The van der Waals surface area contributed by atoms with E-state index < -0.39 is 23.5 Å². The zero-order chi connectivity index (χ0) is 25.4. The number of ketones is 1. The molecule has 0 spiro atoms. The molecule has 1 aliphatic heterocycles. The number of nitrogens with zero attached hydrogens (tertiary/aromatic N) is 1. The lowest BCUT2D eigenvalue weighted by Gasteiger charge is -2.25. The van der Waals surface area contributed by atoms with Crippen LogP contribution in [0.3, 0.4) is 0 Å². The number of likely N-dealkylation sites (tertiary alicyclic amines) is 1. The average Bonchev–Trinajstić information content (AvgIpc) is 3.34. The maximum atomic E-state index is 15.0. The quantitative estimate of drug-likeness (QED) is 0.221. The Bertz CT molecular complexity index is 1500. The molecule has 6 nitrogen and oxygen atoms in total. The largest absolute Gasteiger partial charge is 0.507 e. The number of fused-ring (bicyclic) bond motifs is 1. The molecule has 3 aromatic carbocycles. The summed E-state index contributed by atoms with van der Waals surface area (Å²) in [6.07, 6.45) is 0.455. The van der Waals surface area contributed by atoms with Crippen LogP contribution in [0, 0.1) is 12.7 Å². The zero-order valence-corrected chi connectivity index (χ0v) is 19.9. The predicted octanol–water partition coefficient (Wildman–Crippen LogP) is 5.29. The van der Waals surface area contributed by atoms with Crippen LogP contribution < -0.4 is 4.74 Å². The number of H-pyrrole nitrogens is 1. The highest BCUT2D eigenvalue weighted by molar-refractivity contribution is 6.46. The SMILES string of the molecule is COc1ccc(/C(O)=C2\C(=O)C(=O)N(CCc3c(C)[nH]c4ccccc34)C2c2ccccc2F)cc1. The van der Waals surface area contributed by atoms with Crippen LogP contribution in [0.1, 0.15) is 28.4 Å². The van der Waals surface area contributed by atoms with Gasteiger partial charge in [0.25, 0.3) is 11.7 Å². The highest BCUT2D eigenvalue weighted by Crippen LogP contribution is 2.40. The van der Waals surface area contributed by atoms with Gasteiger partial charge in [-0.2, -0.15) is 0 Å². The highest BCUT2D eigenvalue weighted by atomic mass is 19.1. The third-order valence-electron chi connectivity index (χ3n) is 6.73. The van der Waals surface area contributed by atoms with E-state index in [2.05, 4.69) is 4.98 Å². The summed E-state index contributed by atoms with van der Waals surface area (Å²) in [5, 5.41) is 12.2. The first-order valence-corrected chi connectivity index (χ1v) is 11.6. The number of amides is 1. The molecule has 1 atom stereocenters. The summed E-state index contributed by atoms with van der Waals surface area (Å²) >= 11 is 0. The predicted molar refractivity (Wildman–Crippen MR) is 135 cm³/mol. The number of aromatic nitrogens is 1. The van der Waals surface area contributed by atoms with Gasteiger partial charge in [-0.25, -0.2) is 4.39 Å². The number of aryl methyl sites for hydroxylation is 1. The maximum Gasteiger partial charge on any atom is 0.295 e. The van der Waals surface area contributed by atoms with Crippen molar-refractivity contribution in [2.75, 3.05) is 13.7 Å². The Morgan fingerprint density at radius 3 is 2.44 bits per heavy atom. The van der Waals surface area contributed by atoms with E-state index >= 15 is 4.39 Å². The number of hydrogen-bond acceptors (Lipinski definition) is 4. The summed E-state index contributed by atoms with van der Waals surface area (Å²) in [6.45, 7) is 2.13. The maximum absolute atomic E-state index is 15.0. The number of rotatable bonds is 6. The minimum Gasteiger partial charge on any atom is -0.507 e. The molecular formula is C29H25FN2O4. The molecule has 1 aliphatic rings. The van der Waals surface area contributed by atoms with Crippen LogP contribution in [0.2, 0.25) is 0 Å². The second kappa shape index (κ2) is 9.34. The fourth-order valence-corrected chi connectivity index (χ4v) is 4.92. The number of para-hydroxylation sites is 1. The van der Waals surface area contributed by atoms with Crippen molar-refractivity contribution < 1.29 is 23.8 Å². The summed E-state index contributed by atoms with van der Waals surface area (Å²) in [7, 11) is 1.52. The smallest absolute Gasteiger partial charge is 0.295 e. The number of aliphatic hydroxyl groups excluding tert-OH is 1. The van der Waals surface area contributed by atoms with Gasteiger partial charge in [-0.05, 0) is 55.3 Å². The number of benzene rings is 3. The van der Waals surface area contributed by atoms with Gasteiger partial charge in [0.05, 0.1) is 18.7 Å². The summed E-state index contributed by atoms with van der Waals surface area (Å²) in [6, 6.07) is 19.3. The molecule has 1 amide bonds. The minimum atomic E-state index is -1.06. The molecule has 7 heteroatoms. The van der Waals surface area contributed by atoms with E-state index in [4.69, 9.17) is 4.74 Å². The molecule has 0 radical (unpaired) electrons. The molecule has 1 saturated heterocycles. The molecular weight excluding hydrogens is 459 g/mol. The van der Waals surface area contributed by atoms with Gasteiger partial charge in [-0.1, -0.05) is 36.4 Å². The van der Waals surface area contributed by atoms with Crippen molar-refractivity contribution in [2.45, 2.75) is 19.4 Å². The van der Waals surface area contributed by atoms with Gasteiger partial charge >= 0.3 is 0 Å². The molecule has 2 N–H and O–H groups in total. The normalized spacial score (nSPS) is 17.2. The summed E-state index contributed by atoms with van der Waals surface area (Å²) in [5.41, 5.74) is 3.33. The Morgan fingerprint density at radius 1 is 1.03 bits per heavy atom. The fourth-order valence-electron chi connectivity index (χ4n) is 4.92. The van der Waals surface area contributed by atoms with Crippen LogP contribution in [0.25, 0.3) is 16.7 Å². The lowest BCUT2D eigenvalue weighted by molar-refractivity contribution is -0.139. The molecule has 1 unspecified atom stereocenters. The molecule has 0 saturated carbocycles. The Hall–Kier alpha value is -4.39. The molecule has 4 aromatic rings. The van der Waals surface area contributed by atoms with Gasteiger partial charge in [-0.3, -0.25) is 9.59 Å². The molecule has 1 aromatic heterocycles. The van der Waals surface area contributed by atoms with E-state index in [9.17, 15) is 14.7 Å². The van der Waals surface area contributed by atoms with Crippen molar-refractivity contribution >= 4 is 28.4 Å². The summed E-state index contributed by atoms with van der Waals surface area (Å²) < 4.78 is 20.2. The number of aromatic amines is 1. The third kappa shape index (κ3) is 3.92. The first-order valence-electron chi connectivity index (χ1n) is 11.6. The molecule has 0 aliphatic carbocycles. The minimum absolute atomic E-state index is 0.133. The van der Waals surface area contributed by atoms with Crippen molar-refractivity contribution in [3.8, 4) is 5.75 Å². The Kier molecular flexibility index (Phi) is 6.06. The fraction of sp³-hybridized carbons (Fsp3) is 0.172. The number of methoxy groups -OCH3 is 1. The van der Waals surface area contributed by atoms with Gasteiger partial charge in [0.2, 0.25) is 0 Å². The molecule has 182 valence electrons. The monoisotopic (exact) mass is 484 g/mol. The number of ether oxygens (including phenoxy) is 1. The third-order valence-corrected chi connectivity index (χ3v) is 6.73. The van der Waals surface area contributed by atoms with E-state index in [0.29, 0.717) is 17.7 Å². The van der Waals surface area contributed by atoms with Crippen LogP contribution in [-0.4, -0.2) is 40.3 Å². The Morgan fingerprint density at radius 2 is 1.72 bits per heavy atom. The number of halogens is 1. The van der Waals surface area contributed by atoms with Crippen molar-refractivity contribution in [1.82, 2.24) is 9.88 Å². The number of nitrogens with one attached hydrogen (secondary N) is 1. The van der Waals surface area contributed by atoms with Crippen molar-refractivity contribution in [3.05, 3.63) is 107 Å². The van der Waals surface area contributed by atoms with E-state index in [0.717, 1.165) is 22.2 Å². The number of hydrogen-bond donors (Lipinski definition) is 2. The van der Waals surface area contributed by atoms with Crippen molar-refractivity contribution in [3.63, 3.8) is 0 Å². The second-order valence-electron chi connectivity index (χ2n) is 8.77. The zero-order valence-electron chi connectivity index (χ0n) is 19.9. The van der Waals surface area contributed by atoms with E-state index in [-0.39, 0.29) is 23.4 Å². The standard InChI is InChI=1S/C29H25FN2O4/c1-17-20(21-7-4-6-10-24(21)31-17)15-16-32-26(22-8-3-5-9-23(22)30)25(28(34)29(32)35)27(33)18-11-13-19(36-2)14-12-18/h3-14,26,31,33H,15-16H2,1-2H3/b27-25+. The van der Waals surface area contributed by atoms with Gasteiger partial charge in [0.1, 0.15) is 17.3 Å². The van der Waals surface area contributed by atoms with Crippen LogP contribution in [0.15, 0.2) is 78.4 Å². The molecule has 0 bridgehead atoms. The summed E-state index contributed by atoms with van der Waals surface area (Å²) in [5.74, 6) is -1.94. The lowest BCUT2D eigenvalue weighted by Crippen LogP contribution is -2.32. The van der Waals surface area contributed by atoms with E-state index in [1.807, 2.05) is 31.2 Å². The molecule has 5 rings (SSSR count). The molecule has 36 heavy (non-hydrogen) atoms. The van der Waals surface area contributed by atoms with Crippen LogP contribution in [-0.2, 0) is 16.0 Å².